The van der Waals surface area contributed by atoms with Gasteiger partial charge >= 0.3 is 0 Å². The lowest BCUT2D eigenvalue weighted by Crippen LogP contribution is -2.56. The van der Waals surface area contributed by atoms with E-state index in [1.807, 2.05) is 37.3 Å². The molecule has 0 aromatic heterocycles. The maximum atomic E-state index is 10.2. The van der Waals surface area contributed by atoms with E-state index in [-0.39, 0.29) is 11.8 Å². The van der Waals surface area contributed by atoms with Crippen LogP contribution in [0.1, 0.15) is 45.2 Å². The van der Waals surface area contributed by atoms with Gasteiger partial charge in [-0.15, -0.1) is 0 Å². The van der Waals surface area contributed by atoms with Crippen LogP contribution in [-0.2, 0) is 0 Å². The first kappa shape index (κ1) is 19.5. The Balaban J connectivity index is 2.41. The van der Waals surface area contributed by atoms with Gasteiger partial charge in [0, 0.05) is 11.6 Å². The van der Waals surface area contributed by atoms with Gasteiger partial charge in [0.2, 0.25) is 10.8 Å². The fourth-order valence-electron chi connectivity index (χ4n) is 4.92. The van der Waals surface area contributed by atoms with E-state index in [2.05, 4.69) is 43.4 Å². The van der Waals surface area contributed by atoms with Crippen molar-refractivity contribution in [2.24, 2.45) is 28.6 Å². The predicted octanol–water partition coefficient (Wildman–Crippen LogP) is 4.35. The maximum absolute atomic E-state index is 10.2. The van der Waals surface area contributed by atoms with Gasteiger partial charge in [0.05, 0.1) is 30.3 Å². The van der Waals surface area contributed by atoms with Crippen LogP contribution in [0, 0.1) is 73.9 Å². The van der Waals surface area contributed by atoms with E-state index in [9.17, 15) is 21.0 Å². The van der Waals surface area contributed by atoms with Crippen molar-refractivity contribution in [3.63, 3.8) is 0 Å². The summed E-state index contributed by atoms with van der Waals surface area (Å²) < 4.78 is 0. The molecule has 0 spiro atoms. The third kappa shape index (κ3) is 2.41. The van der Waals surface area contributed by atoms with Gasteiger partial charge < -0.3 is 5.32 Å². The molecule has 0 fully saturated rings. The fraction of sp³-hybridized carbons (Fsp3) is 0.478. The monoisotopic (exact) mass is 369 g/mol. The van der Waals surface area contributed by atoms with Crippen molar-refractivity contribution in [2.45, 2.75) is 39.7 Å². The molecule has 2 aliphatic rings. The van der Waals surface area contributed by atoms with Gasteiger partial charge in [-0.1, -0.05) is 51.1 Å². The first-order chi connectivity index (χ1) is 13.4. The lowest BCUT2D eigenvalue weighted by molar-refractivity contribution is 0.175. The molecule has 3 rings (SSSR count). The number of nitrogens with zero attached hydrogens (tertiary/aromatic N) is 4. The molecular formula is C23H23N5. The van der Waals surface area contributed by atoms with E-state index in [0.717, 1.165) is 24.1 Å². The number of nitriles is 4. The van der Waals surface area contributed by atoms with E-state index < -0.39 is 16.9 Å². The molecular weight excluding hydrogens is 346 g/mol. The lowest BCUT2D eigenvalue weighted by Gasteiger charge is -2.51. The zero-order chi connectivity index (χ0) is 20.5. The van der Waals surface area contributed by atoms with Gasteiger partial charge in [0.15, 0.2) is 0 Å². The second-order valence-electron chi connectivity index (χ2n) is 8.15. The molecule has 5 heteroatoms. The molecule has 28 heavy (non-hydrogen) atoms. The Morgan fingerprint density at radius 3 is 2.07 bits per heavy atom. The molecule has 140 valence electrons. The number of hydrogen-bond donors (Lipinski definition) is 1. The van der Waals surface area contributed by atoms with Crippen molar-refractivity contribution in [1.29, 1.82) is 21.0 Å². The third-order valence-electron chi connectivity index (χ3n) is 6.42. The van der Waals surface area contributed by atoms with Crippen LogP contribution in [0.3, 0.4) is 0 Å². The van der Waals surface area contributed by atoms with E-state index >= 15 is 0 Å². The summed E-state index contributed by atoms with van der Waals surface area (Å²) in [4.78, 5) is 0. The summed E-state index contributed by atoms with van der Waals surface area (Å²) in [6.07, 6.45) is 1.78. The van der Waals surface area contributed by atoms with E-state index in [4.69, 9.17) is 0 Å². The molecule has 3 atom stereocenters. The van der Waals surface area contributed by atoms with Crippen molar-refractivity contribution in [3.8, 4) is 24.3 Å². The quantitative estimate of drug-likeness (QED) is 0.833. The molecule has 0 bridgehead atoms. The van der Waals surface area contributed by atoms with Gasteiger partial charge in [-0.2, -0.15) is 21.0 Å². The molecule has 0 unspecified atom stereocenters. The van der Waals surface area contributed by atoms with E-state index in [0.29, 0.717) is 11.5 Å². The summed E-state index contributed by atoms with van der Waals surface area (Å²) in [5.74, 6) is 0.427. The molecule has 1 aliphatic carbocycles. The Labute approximate surface area is 166 Å². The molecule has 5 nitrogen and oxygen atoms in total. The Hall–Kier alpha value is -3.28. The van der Waals surface area contributed by atoms with Crippen molar-refractivity contribution in [3.05, 3.63) is 47.2 Å². The van der Waals surface area contributed by atoms with Gasteiger partial charge in [-0.3, -0.25) is 0 Å². The first-order valence-electron chi connectivity index (χ1n) is 9.63. The fourth-order valence-corrected chi connectivity index (χ4v) is 4.92. The lowest BCUT2D eigenvalue weighted by atomic mass is 9.51. The number of hydrogen-bond acceptors (Lipinski definition) is 5. The highest BCUT2D eigenvalue weighted by atomic mass is 15.0. The van der Waals surface area contributed by atoms with Crippen LogP contribution in [0.4, 0.5) is 0 Å². The average Bonchev–Trinajstić information content (AvgIpc) is 2.72. The van der Waals surface area contributed by atoms with Crippen LogP contribution in [0.2, 0.25) is 0 Å². The van der Waals surface area contributed by atoms with Crippen LogP contribution >= 0.6 is 0 Å². The highest BCUT2D eigenvalue weighted by molar-refractivity contribution is 5.54. The predicted molar refractivity (Wildman–Crippen MR) is 103 cm³/mol. The van der Waals surface area contributed by atoms with Gasteiger partial charge in [0.1, 0.15) is 0 Å². The largest absolute Gasteiger partial charge is 0.378 e. The third-order valence-corrected chi connectivity index (χ3v) is 6.42. The minimum absolute atomic E-state index is 0.0467. The molecule has 0 radical (unpaired) electrons. The van der Waals surface area contributed by atoms with Crippen LogP contribution < -0.4 is 5.32 Å². The van der Waals surface area contributed by atoms with Crippen LogP contribution in [0.25, 0.3) is 0 Å². The highest BCUT2D eigenvalue weighted by Crippen LogP contribution is 2.60. The van der Waals surface area contributed by atoms with Crippen molar-refractivity contribution in [1.82, 2.24) is 5.32 Å². The Bertz CT molecular complexity index is 933. The molecule has 1 aromatic carbocycles. The molecule has 0 saturated heterocycles. The standard InChI is InChI=1S/C23H23N5/c1-15(2)18-10-9-16(3)19-20(18)28-21(17-7-5-4-6-8-17)23(13-26,14-27)22(19,11-24)12-25/h4-8,15-16,18,21,28H,9-10H2,1-3H3/t16-,18-,21-/m0/s1. The van der Waals surface area contributed by atoms with E-state index in [1.54, 1.807) is 0 Å². The number of nitrogens with one attached hydrogen (secondary N) is 1. The van der Waals surface area contributed by atoms with Gasteiger partial charge in [-0.05, 0) is 35.8 Å². The second kappa shape index (κ2) is 7.03. The zero-order valence-corrected chi connectivity index (χ0v) is 16.4. The summed E-state index contributed by atoms with van der Waals surface area (Å²) in [6.45, 7) is 6.24. The summed E-state index contributed by atoms with van der Waals surface area (Å²) in [6, 6.07) is 16.9. The Kier molecular flexibility index (Phi) is 4.89. The minimum Gasteiger partial charge on any atom is -0.378 e. The summed E-state index contributed by atoms with van der Waals surface area (Å²) in [5.41, 5.74) is -1.41. The second-order valence-corrected chi connectivity index (χ2v) is 8.15. The van der Waals surface area contributed by atoms with E-state index in [1.165, 1.54) is 0 Å². The first-order valence-corrected chi connectivity index (χ1v) is 9.63. The van der Waals surface area contributed by atoms with Crippen LogP contribution in [-0.4, -0.2) is 0 Å². The Morgan fingerprint density at radius 2 is 1.57 bits per heavy atom. The van der Waals surface area contributed by atoms with Crippen LogP contribution in [0.5, 0.6) is 0 Å². The number of rotatable bonds is 2. The molecule has 0 saturated carbocycles. The minimum atomic E-state index is -1.84. The summed E-state index contributed by atoms with van der Waals surface area (Å²) >= 11 is 0. The van der Waals surface area contributed by atoms with Gasteiger partial charge in [-0.25, -0.2) is 0 Å². The zero-order valence-electron chi connectivity index (χ0n) is 16.4. The number of allylic oxidation sites excluding steroid dienone is 2. The molecule has 1 aromatic rings. The van der Waals surface area contributed by atoms with Crippen molar-refractivity contribution in [2.75, 3.05) is 0 Å². The SMILES string of the molecule is CC(C)[C@@H]1CC[C@H](C)C2=C1N[C@@H](c1ccccc1)C(C#N)(C#N)C2(C#N)C#N. The van der Waals surface area contributed by atoms with Gasteiger partial charge in [0.25, 0.3) is 0 Å². The molecule has 1 N–H and O–H groups in total. The van der Waals surface area contributed by atoms with Crippen molar-refractivity contribution >= 4 is 0 Å². The maximum Gasteiger partial charge on any atom is 0.203 e. The molecule has 1 aliphatic heterocycles. The highest BCUT2D eigenvalue weighted by Gasteiger charge is 2.66. The summed E-state index contributed by atoms with van der Waals surface area (Å²) in [5, 5.41) is 44.4. The smallest absolute Gasteiger partial charge is 0.203 e. The molecule has 0 amide bonds. The topological polar surface area (TPSA) is 107 Å². The Morgan fingerprint density at radius 1 is 0.964 bits per heavy atom. The number of benzene rings is 1. The van der Waals surface area contributed by atoms with Crippen LogP contribution in [0.15, 0.2) is 41.6 Å². The molecule has 1 heterocycles. The normalized spacial score (nSPS) is 27.4. The summed E-state index contributed by atoms with van der Waals surface area (Å²) in [7, 11) is 0. The average molecular weight is 369 g/mol. The van der Waals surface area contributed by atoms with Crippen molar-refractivity contribution < 1.29 is 0 Å².